The summed E-state index contributed by atoms with van der Waals surface area (Å²) in [4.78, 5) is 44.3. The molecule has 3 heterocycles. The van der Waals surface area contributed by atoms with E-state index in [1.807, 2.05) is 30.3 Å². The van der Waals surface area contributed by atoms with E-state index in [1.54, 1.807) is 45.1 Å². The van der Waals surface area contributed by atoms with Crippen molar-refractivity contribution in [1.82, 2.24) is 9.80 Å². The third kappa shape index (κ3) is 3.56. The van der Waals surface area contributed by atoms with Gasteiger partial charge in [0.15, 0.2) is 0 Å². The molecule has 0 N–H and O–H groups in total. The van der Waals surface area contributed by atoms with Crippen molar-refractivity contribution in [3.63, 3.8) is 0 Å². The Morgan fingerprint density at radius 1 is 1.08 bits per heavy atom. The zero-order valence-corrected chi connectivity index (χ0v) is 20.9. The quantitative estimate of drug-likeness (QED) is 0.570. The average Bonchev–Trinajstić information content (AvgIpc) is 3.17. The molecule has 4 atom stereocenters. The van der Waals surface area contributed by atoms with Gasteiger partial charge in [-0.15, -0.1) is 0 Å². The van der Waals surface area contributed by atoms with Gasteiger partial charge in [0.1, 0.15) is 29.3 Å². The fourth-order valence-electron chi connectivity index (χ4n) is 5.98. The third-order valence-electron chi connectivity index (χ3n) is 7.58. The lowest BCUT2D eigenvalue weighted by atomic mass is 9.77. The molecule has 2 fully saturated rings. The van der Waals surface area contributed by atoms with Crippen LogP contribution in [-0.2, 0) is 25.7 Å². The smallest absolute Gasteiger partial charge is 0.312 e. The SMILES string of the molecule is CCOC(=O)[C@H]1[C@H]2COc3cc(OC)ccc3[C@@H]2N2C(=O)CN(Cc3ccc(OC)cc3)C(=O)[C@@]12C. The number of fused-ring (bicyclic) bond motifs is 5. The molecule has 3 aliphatic rings. The van der Waals surface area contributed by atoms with E-state index >= 15 is 0 Å². The highest BCUT2D eigenvalue weighted by Crippen LogP contribution is 2.57. The molecule has 0 spiro atoms. The molecule has 0 bridgehead atoms. The van der Waals surface area contributed by atoms with Crippen LogP contribution in [0.3, 0.4) is 0 Å². The molecule has 5 rings (SSSR count). The van der Waals surface area contributed by atoms with Gasteiger partial charge in [0.2, 0.25) is 11.8 Å². The maximum absolute atomic E-state index is 14.1. The number of nitrogens with zero attached hydrogens (tertiary/aromatic N) is 2. The van der Waals surface area contributed by atoms with Crippen molar-refractivity contribution in [3.05, 3.63) is 53.6 Å². The average molecular weight is 495 g/mol. The first-order valence-electron chi connectivity index (χ1n) is 12.0. The molecular weight excluding hydrogens is 464 g/mol. The van der Waals surface area contributed by atoms with Crippen molar-refractivity contribution in [1.29, 1.82) is 0 Å². The highest BCUT2D eigenvalue weighted by atomic mass is 16.5. The van der Waals surface area contributed by atoms with E-state index in [-0.39, 0.29) is 38.1 Å². The van der Waals surface area contributed by atoms with Crippen molar-refractivity contribution in [2.24, 2.45) is 11.8 Å². The van der Waals surface area contributed by atoms with E-state index in [4.69, 9.17) is 18.9 Å². The molecule has 190 valence electrons. The molecule has 0 unspecified atom stereocenters. The second-order valence-corrected chi connectivity index (χ2v) is 9.47. The maximum Gasteiger partial charge on any atom is 0.312 e. The molecule has 2 aromatic carbocycles. The van der Waals surface area contributed by atoms with Crippen LogP contribution in [0.2, 0.25) is 0 Å². The first-order chi connectivity index (χ1) is 17.3. The summed E-state index contributed by atoms with van der Waals surface area (Å²) in [6.45, 7) is 3.94. The molecule has 2 aromatic rings. The minimum atomic E-state index is -1.41. The Kier molecular flexibility index (Phi) is 6.02. The second kappa shape index (κ2) is 9.04. The van der Waals surface area contributed by atoms with Crippen LogP contribution >= 0.6 is 0 Å². The summed E-state index contributed by atoms with van der Waals surface area (Å²) in [7, 11) is 3.16. The number of amides is 2. The number of carbonyl (C=O) groups excluding carboxylic acids is 3. The Labute approximate surface area is 209 Å². The van der Waals surface area contributed by atoms with E-state index in [1.165, 1.54) is 4.90 Å². The summed E-state index contributed by atoms with van der Waals surface area (Å²) in [5.74, 6) is -0.362. The van der Waals surface area contributed by atoms with Crippen LogP contribution in [-0.4, -0.2) is 67.1 Å². The van der Waals surface area contributed by atoms with Crippen LogP contribution in [0, 0.1) is 11.8 Å². The van der Waals surface area contributed by atoms with E-state index < -0.39 is 29.4 Å². The summed E-state index contributed by atoms with van der Waals surface area (Å²) in [5, 5.41) is 0. The number of hydrogen-bond donors (Lipinski definition) is 0. The highest BCUT2D eigenvalue weighted by molar-refractivity contribution is 6.02. The molecule has 2 amide bonds. The van der Waals surface area contributed by atoms with Gasteiger partial charge in [-0.25, -0.2) is 0 Å². The third-order valence-corrected chi connectivity index (χ3v) is 7.58. The number of methoxy groups -OCH3 is 2. The summed E-state index contributed by atoms with van der Waals surface area (Å²) < 4.78 is 22.0. The number of carbonyl (C=O) groups is 3. The Hall–Kier alpha value is -3.75. The first kappa shape index (κ1) is 24.0. The molecule has 0 saturated carbocycles. The predicted octanol–water partition coefficient (Wildman–Crippen LogP) is 2.58. The van der Waals surface area contributed by atoms with Crippen LogP contribution in [0.25, 0.3) is 0 Å². The minimum Gasteiger partial charge on any atom is -0.497 e. The Morgan fingerprint density at radius 3 is 2.44 bits per heavy atom. The van der Waals surface area contributed by atoms with E-state index in [2.05, 4.69) is 0 Å². The van der Waals surface area contributed by atoms with Gasteiger partial charge >= 0.3 is 5.97 Å². The van der Waals surface area contributed by atoms with Crippen molar-refractivity contribution in [2.45, 2.75) is 32.0 Å². The molecule has 0 radical (unpaired) electrons. The number of hydrogen-bond acceptors (Lipinski definition) is 7. The van der Waals surface area contributed by atoms with Crippen LogP contribution in [0.1, 0.15) is 31.0 Å². The molecule has 9 nitrogen and oxygen atoms in total. The van der Waals surface area contributed by atoms with Gasteiger partial charge in [-0.05, 0) is 43.7 Å². The van der Waals surface area contributed by atoms with Crippen molar-refractivity contribution in [2.75, 3.05) is 34.0 Å². The molecule has 3 aliphatic heterocycles. The van der Waals surface area contributed by atoms with Gasteiger partial charge in [-0.2, -0.15) is 0 Å². The van der Waals surface area contributed by atoms with Crippen LogP contribution in [0.4, 0.5) is 0 Å². The van der Waals surface area contributed by atoms with E-state index in [0.717, 1.165) is 11.1 Å². The summed E-state index contributed by atoms with van der Waals surface area (Å²) in [6, 6.07) is 12.3. The summed E-state index contributed by atoms with van der Waals surface area (Å²) >= 11 is 0. The Bertz CT molecular complexity index is 1200. The monoisotopic (exact) mass is 494 g/mol. The topological polar surface area (TPSA) is 94.6 Å². The van der Waals surface area contributed by atoms with Crippen molar-refractivity contribution < 1.29 is 33.3 Å². The predicted molar refractivity (Wildman–Crippen MR) is 129 cm³/mol. The molecule has 36 heavy (non-hydrogen) atoms. The lowest BCUT2D eigenvalue weighted by Gasteiger charge is -2.47. The summed E-state index contributed by atoms with van der Waals surface area (Å²) in [5.41, 5.74) is 0.210. The van der Waals surface area contributed by atoms with Crippen LogP contribution in [0.5, 0.6) is 17.2 Å². The molecule has 0 aliphatic carbocycles. The van der Waals surface area contributed by atoms with Gasteiger partial charge in [0.05, 0.1) is 39.4 Å². The fourth-order valence-corrected chi connectivity index (χ4v) is 5.98. The minimum absolute atomic E-state index is 0.0778. The maximum atomic E-state index is 14.1. The van der Waals surface area contributed by atoms with Gasteiger partial charge < -0.3 is 28.7 Å². The Balaban J connectivity index is 1.56. The number of esters is 1. The lowest BCUT2D eigenvalue weighted by molar-refractivity contribution is -0.170. The zero-order valence-electron chi connectivity index (χ0n) is 20.9. The largest absolute Gasteiger partial charge is 0.497 e. The van der Waals surface area contributed by atoms with Gasteiger partial charge in [0.25, 0.3) is 0 Å². The molecular formula is C27H30N2O7. The fraction of sp³-hybridized carbons (Fsp3) is 0.444. The number of ether oxygens (including phenoxy) is 4. The zero-order chi connectivity index (χ0) is 25.6. The van der Waals surface area contributed by atoms with Crippen molar-refractivity contribution in [3.8, 4) is 17.2 Å². The standard InChI is InChI=1S/C27H30N2O7/c1-5-35-25(31)23-20-15-36-21-12-18(34-4)10-11-19(21)24(20)29-22(30)14-28(26(32)27(23,29)2)13-16-6-8-17(33-3)9-7-16/h6-12,20,23-24H,5,13-15H2,1-4H3/t20-,23-,24+,27-/m1/s1. The number of benzene rings is 2. The van der Waals surface area contributed by atoms with Crippen LogP contribution in [0.15, 0.2) is 42.5 Å². The number of piperazine rings is 1. The summed E-state index contributed by atoms with van der Waals surface area (Å²) in [6.07, 6.45) is 0. The Morgan fingerprint density at radius 2 is 1.78 bits per heavy atom. The normalized spacial score (nSPS) is 26.5. The molecule has 0 aromatic heterocycles. The second-order valence-electron chi connectivity index (χ2n) is 9.47. The number of rotatable bonds is 6. The van der Waals surface area contributed by atoms with E-state index in [0.29, 0.717) is 17.2 Å². The lowest BCUT2D eigenvalue weighted by Crippen LogP contribution is -2.67. The first-order valence-corrected chi connectivity index (χ1v) is 12.0. The highest BCUT2D eigenvalue weighted by Gasteiger charge is 2.69. The van der Waals surface area contributed by atoms with Crippen molar-refractivity contribution >= 4 is 17.8 Å². The molecule has 9 heteroatoms. The van der Waals surface area contributed by atoms with E-state index in [9.17, 15) is 14.4 Å². The van der Waals surface area contributed by atoms with Crippen LogP contribution < -0.4 is 14.2 Å². The van der Waals surface area contributed by atoms with Gasteiger partial charge in [0, 0.05) is 24.1 Å². The van der Waals surface area contributed by atoms with Gasteiger partial charge in [-0.1, -0.05) is 12.1 Å². The van der Waals surface area contributed by atoms with Gasteiger partial charge in [-0.3, -0.25) is 14.4 Å². The molecule has 2 saturated heterocycles.